The van der Waals surface area contributed by atoms with Crippen LogP contribution >= 0.6 is 0 Å². The standard InChI is InChI=1S/C24H28FN3O2/c25-21-8-4-5-9-22(21)27-14-16-28(17-15-27)23(29)18-26-12-10-20(11-13-26)24(30)19-6-2-1-3-7-19/h1-9,20H,10-18H2. The molecule has 4 rings (SSSR count). The number of carbonyl (C=O) groups excluding carboxylic acids is 2. The van der Waals surface area contributed by atoms with Crippen LogP contribution in [-0.4, -0.2) is 67.3 Å². The van der Waals surface area contributed by atoms with Crippen molar-refractivity contribution in [3.05, 3.63) is 66.0 Å². The number of para-hydroxylation sites is 1. The van der Waals surface area contributed by atoms with Gasteiger partial charge in [0.2, 0.25) is 5.91 Å². The highest BCUT2D eigenvalue weighted by molar-refractivity contribution is 5.97. The summed E-state index contributed by atoms with van der Waals surface area (Å²) < 4.78 is 14.0. The molecule has 2 aliphatic heterocycles. The van der Waals surface area contributed by atoms with Crippen molar-refractivity contribution in [2.24, 2.45) is 5.92 Å². The Morgan fingerprint density at radius 3 is 2.13 bits per heavy atom. The highest BCUT2D eigenvalue weighted by atomic mass is 19.1. The van der Waals surface area contributed by atoms with Crippen LogP contribution in [0, 0.1) is 11.7 Å². The summed E-state index contributed by atoms with van der Waals surface area (Å²) in [5, 5.41) is 0. The van der Waals surface area contributed by atoms with Gasteiger partial charge in [0.05, 0.1) is 12.2 Å². The van der Waals surface area contributed by atoms with Gasteiger partial charge in [0.15, 0.2) is 5.78 Å². The molecule has 0 spiro atoms. The zero-order chi connectivity index (χ0) is 20.9. The molecular formula is C24H28FN3O2. The summed E-state index contributed by atoms with van der Waals surface area (Å²) in [4.78, 5) is 31.4. The van der Waals surface area contributed by atoms with Crippen molar-refractivity contribution in [1.29, 1.82) is 0 Å². The zero-order valence-corrected chi connectivity index (χ0v) is 17.2. The van der Waals surface area contributed by atoms with E-state index in [1.807, 2.05) is 46.2 Å². The van der Waals surface area contributed by atoms with E-state index in [9.17, 15) is 14.0 Å². The van der Waals surface area contributed by atoms with E-state index in [0.717, 1.165) is 31.5 Å². The second-order valence-corrected chi connectivity index (χ2v) is 8.10. The van der Waals surface area contributed by atoms with Crippen LogP contribution in [0.1, 0.15) is 23.2 Å². The number of carbonyl (C=O) groups is 2. The molecule has 30 heavy (non-hydrogen) atoms. The van der Waals surface area contributed by atoms with E-state index < -0.39 is 0 Å². The molecule has 2 saturated heterocycles. The van der Waals surface area contributed by atoms with E-state index in [1.54, 1.807) is 12.1 Å². The Hall–Kier alpha value is -2.73. The van der Waals surface area contributed by atoms with Crippen molar-refractivity contribution < 1.29 is 14.0 Å². The molecule has 2 heterocycles. The van der Waals surface area contributed by atoms with E-state index in [4.69, 9.17) is 0 Å². The number of hydrogen-bond acceptors (Lipinski definition) is 4. The summed E-state index contributed by atoms with van der Waals surface area (Å²) in [6.45, 7) is 4.42. The van der Waals surface area contributed by atoms with E-state index in [1.165, 1.54) is 6.07 Å². The molecule has 2 fully saturated rings. The van der Waals surface area contributed by atoms with Crippen molar-refractivity contribution in [3.8, 4) is 0 Å². The molecule has 0 bridgehead atoms. The quantitative estimate of drug-likeness (QED) is 0.712. The van der Waals surface area contributed by atoms with E-state index in [2.05, 4.69) is 4.90 Å². The SMILES string of the molecule is O=C(c1ccccc1)C1CCN(CC(=O)N2CCN(c3ccccc3F)CC2)CC1. The lowest BCUT2D eigenvalue weighted by Crippen LogP contribution is -2.52. The minimum atomic E-state index is -0.217. The Kier molecular flexibility index (Phi) is 6.43. The maximum atomic E-state index is 14.0. The van der Waals surface area contributed by atoms with Gasteiger partial charge in [0.1, 0.15) is 5.82 Å². The van der Waals surface area contributed by atoms with Crippen molar-refractivity contribution in [2.75, 3.05) is 50.7 Å². The van der Waals surface area contributed by atoms with Crippen LogP contribution in [0.15, 0.2) is 54.6 Å². The molecule has 0 saturated carbocycles. The van der Waals surface area contributed by atoms with Gasteiger partial charge in [0.25, 0.3) is 0 Å². The number of hydrogen-bond donors (Lipinski definition) is 0. The number of benzene rings is 2. The van der Waals surface area contributed by atoms with Crippen molar-refractivity contribution in [1.82, 2.24) is 9.80 Å². The lowest BCUT2D eigenvalue weighted by atomic mass is 9.89. The van der Waals surface area contributed by atoms with Gasteiger partial charge >= 0.3 is 0 Å². The Bertz CT molecular complexity index is 873. The number of Topliss-reactive ketones (excluding diaryl/α,β-unsaturated/α-hetero) is 1. The molecular weight excluding hydrogens is 381 g/mol. The monoisotopic (exact) mass is 409 g/mol. The first kappa shape index (κ1) is 20.5. The van der Waals surface area contributed by atoms with Gasteiger partial charge in [-0.3, -0.25) is 14.5 Å². The minimum Gasteiger partial charge on any atom is -0.366 e. The predicted octanol–water partition coefficient (Wildman–Crippen LogP) is 3.07. The normalized spacial score (nSPS) is 18.4. The highest BCUT2D eigenvalue weighted by Gasteiger charge is 2.28. The molecule has 0 unspecified atom stereocenters. The molecule has 0 aliphatic carbocycles. The second kappa shape index (κ2) is 9.39. The minimum absolute atomic E-state index is 0.0445. The number of likely N-dealkylation sites (tertiary alicyclic amines) is 1. The first-order valence-corrected chi connectivity index (χ1v) is 10.7. The van der Waals surface area contributed by atoms with Crippen LogP contribution in [0.25, 0.3) is 0 Å². The maximum absolute atomic E-state index is 14.0. The third-order valence-corrected chi connectivity index (χ3v) is 6.20. The third kappa shape index (κ3) is 4.70. The summed E-state index contributed by atoms with van der Waals surface area (Å²) >= 11 is 0. The van der Waals surface area contributed by atoms with Crippen LogP contribution in [0.5, 0.6) is 0 Å². The van der Waals surface area contributed by atoms with E-state index >= 15 is 0 Å². The summed E-state index contributed by atoms with van der Waals surface area (Å²) in [6.07, 6.45) is 1.59. The maximum Gasteiger partial charge on any atom is 0.236 e. The number of halogens is 1. The van der Waals surface area contributed by atoms with Crippen LogP contribution in [0.2, 0.25) is 0 Å². The first-order valence-electron chi connectivity index (χ1n) is 10.7. The molecule has 0 aromatic heterocycles. The van der Waals surface area contributed by atoms with Gasteiger partial charge in [-0.1, -0.05) is 42.5 Å². The summed E-state index contributed by atoms with van der Waals surface area (Å²) in [5.41, 5.74) is 1.38. The van der Waals surface area contributed by atoms with Gasteiger partial charge in [-0.25, -0.2) is 4.39 Å². The van der Waals surface area contributed by atoms with Crippen LogP contribution < -0.4 is 4.90 Å². The van der Waals surface area contributed by atoms with Gasteiger partial charge in [-0.2, -0.15) is 0 Å². The molecule has 2 aromatic carbocycles. The number of piperazine rings is 1. The molecule has 5 nitrogen and oxygen atoms in total. The third-order valence-electron chi connectivity index (χ3n) is 6.20. The lowest BCUT2D eigenvalue weighted by Gasteiger charge is -2.38. The van der Waals surface area contributed by atoms with Crippen molar-refractivity contribution in [2.45, 2.75) is 12.8 Å². The fraction of sp³-hybridized carbons (Fsp3) is 0.417. The van der Waals surface area contributed by atoms with Crippen LogP contribution in [-0.2, 0) is 4.79 Å². The largest absolute Gasteiger partial charge is 0.366 e. The van der Waals surface area contributed by atoms with Gasteiger partial charge in [-0.05, 0) is 38.1 Å². The Balaban J connectivity index is 1.23. The Labute approximate surface area is 177 Å². The first-order chi connectivity index (χ1) is 14.6. The molecule has 0 N–H and O–H groups in total. The lowest BCUT2D eigenvalue weighted by molar-refractivity contribution is -0.133. The predicted molar refractivity (Wildman–Crippen MR) is 115 cm³/mol. The number of anilines is 1. The smallest absolute Gasteiger partial charge is 0.236 e. The Morgan fingerprint density at radius 2 is 1.47 bits per heavy atom. The second-order valence-electron chi connectivity index (χ2n) is 8.10. The van der Waals surface area contributed by atoms with Crippen molar-refractivity contribution >= 4 is 17.4 Å². The van der Waals surface area contributed by atoms with Gasteiger partial charge in [-0.15, -0.1) is 0 Å². The average molecular weight is 410 g/mol. The number of rotatable bonds is 5. The molecule has 1 amide bonds. The number of ketones is 1. The molecule has 158 valence electrons. The summed E-state index contributed by atoms with van der Waals surface area (Å²) in [6, 6.07) is 16.2. The topological polar surface area (TPSA) is 43.9 Å². The highest BCUT2D eigenvalue weighted by Crippen LogP contribution is 2.23. The van der Waals surface area contributed by atoms with Crippen LogP contribution in [0.3, 0.4) is 0 Å². The summed E-state index contributed by atoms with van der Waals surface area (Å²) in [5.74, 6) is 0.162. The van der Waals surface area contributed by atoms with E-state index in [-0.39, 0.29) is 23.4 Å². The Morgan fingerprint density at radius 1 is 0.833 bits per heavy atom. The number of nitrogens with zero attached hydrogens (tertiary/aromatic N) is 3. The fourth-order valence-corrected chi connectivity index (χ4v) is 4.39. The number of amides is 1. The molecule has 2 aromatic rings. The molecule has 6 heteroatoms. The fourth-order valence-electron chi connectivity index (χ4n) is 4.39. The van der Waals surface area contributed by atoms with Gasteiger partial charge < -0.3 is 9.80 Å². The molecule has 0 radical (unpaired) electrons. The average Bonchev–Trinajstić information content (AvgIpc) is 2.80. The number of piperidine rings is 1. The van der Waals surface area contributed by atoms with Gasteiger partial charge in [0, 0.05) is 37.7 Å². The molecule has 2 aliphatic rings. The van der Waals surface area contributed by atoms with Crippen molar-refractivity contribution in [3.63, 3.8) is 0 Å². The summed E-state index contributed by atoms with van der Waals surface area (Å²) in [7, 11) is 0. The van der Waals surface area contributed by atoms with Crippen LogP contribution in [0.4, 0.5) is 10.1 Å². The zero-order valence-electron chi connectivity index (χ0n) is 17.2. The van der Waals surface area contributed by atoms with E-state index in [0.29, 0.717) is 38.4 Å². The molecule has 0 atom stereocenters.